The van der Waals surface area contributed by atoms with E-state index >= 15 is 8.78 Å². The van der Waals surface area contributed by atoms with Crippen molar-refractivity contribution in [3.63, 3.8) is 0 Å². The molecule has 39 heavy (non-hydrogen) atoms. The quantitative estimate of drug-likeness (QED) is 0.309. The predicted octanol–water partition coefficient (Wildman–Crippen LogP) is 6.00. The first-order valence-corrected chi connectivity index (χ1v) is 12.9. The van der Waals surface area contributed by atoms with Gasteiger partial charge in [0.25, 0.3) is 0 Å². The van der Waals surface area contributed by atoms with E-state index in [-0.39, 0.29) is 38.2 Å². The highest BCUT2D eigenvalue weighted by Gasteiger charge is 2.58. The molecule has 1 aromatic heterocycles. The minimum absolute atomic E-state index is 0.0351. The SMILES string of the molecule is COC(=O)c1ccc(NC(=O)C2NC(CC(C)(C)C)C(N)(c3ccc(Cl)cc3F)C2c2cccc(Cl)c2F)o1. The van der Waals surface area contributed by atoms with Gasteiger partial charge in [0, 0.05) is 28.6 Å². The number of amides is 1. The third-order valence-electron chi connectivity index (χ3n) is 6.86. The lowest BCUT2D eigenvalue weighted by Crippen LogP contribution is -2.52. The Labute approximate surface area is 235 Å². The minimum atomic E-state index is -1.62. The molecule has 0 saturated carbocycles. The number of benzene rings is 2. The van der Waals surface area contributed by atoms with Gasteiger partial charge in [-0.15, -0.1) is 0 Å². The summed E-state index contributed by atoms with van der Waals surface area (Å²) in [6.07, 6.45) is 0.404. The Bertz CT molecular complexity index is 1410. The van der Waals surface area contributed by atoms with Crippen molar-refractivity contribution in [2.75, 3.05) is 12.4 Å². The van der Waals surface area contributed by atoms with Gasteiger partial charge in [0.05, 0.1) is 23.7 Å². The van der Waals surface area contributed by atoms with Gasteiger partial charge in [0.1, 0.15) is 11.6 Å². The summed E-state index contributed by atoms with van der Waals surface area (Å²) >= 11 is 12.2. The maximum Gasteiger partial charge on any atom is 0.374 e. The number of hydrogen-bond donors (Lipinski definition) is 3. The van der Waals surface area contributed by atoms with Crippen LogP contribution in [0.25, 0.3) is 0 Å². The van der Waals surface area contributed by atoms with Gasteiger partial charge < -0.3 is 20.2 Å². The van der Waals surface area contributed by atoms with Crippen LogP contribution in [0.4, 0.5) is 14.7 Å². The van der Waals surface area contributed by atoms with Crippen molar-refractivity contribution >= 4 is 41.0 Å². The number of esters is 1. The number of ether oxygens (including phenoxy) is 1. The first-order chi connectivity index (χ1) is 18.3. The first kappa shape index (κ1) is 29.0. The molecule has 1 aliphatic rings. The van der Waals surface area contributed by atoms with Gasteiger partial charge in [-0.05, 0) is 41.7 Å². The molecule has 11 heteroatoms. The molecule has 0 aliphatic carbocycles. The molecule has 4 atom stereocenters. The molecule has 3 aromatic rings. The number of carbonyl (C=O) groups excluding carboxylic acids is 2. The molecule has 7 nitrogen and oxygen atoms in total. The highest BCUT2D eigenvalue weighted by Crippen LogP contribution is 2.50. The van der Waals surface area contributed by atoms with E-state index < -0.39 is 47.1 Å². The van der Waals surface area contributed by atoms with Crippen molar-refractivity contribution < 1.29 is 27.5 Å². The van der Waals surface area contributed by atoms with Gasteiger partial charge in [-0.1, -0.05) is 62.2 Å². The Morgan fingerprint density at radius 2 is 1.87 bits per heavy atom. The molecule has 4 N–H and O–H groups in total. The molecule has 1 fully saturated rings. The Hall–Kier alpha value is -2.98. The largest absolute Gasteiger partial charge is 0.463 e. The summed E-state index contributed by atoms with van der Waals surface area (Å²) in [5, 5.41) is 5.86. The normalized spacial score (nSPS) is 23.1. The summed E-state index contributed by atoms with van der Waals surface area (Å²) in [5.41, 5.74) is 5.32. The van der Waals surface area contributed by atoms with Crippen LogP contribution in [0.5, 0.6) is 0 Å². The Morgan fingerprint density at radius 3 is 2.51 bits per heavy atom. The highest BCUT2D eigenvalue weighted by atomic mass is 35.5. The molecule has 0 spiro atoms. The second-order valence-corrected chi connectivity index (χ2v) is 11.6. The number of halogens is 4. The number of methoxy groups -OCH3 is 1. The van der Waals surface area contributed by atoms with Crippen molar-refractivity contribution in [3.8, 4) is 0 Å². The van der Waals surface area contributed by atoms with Crippen molar-refractivity contribution in [3.05, 3.63) is 87.1 Å². The lowest BCUT2D eigenvalue weighted by atomic mass is 9.68. The average molecular weight is 580 g/mol. The highest BCUT2D eigenvalue weighted by molar-refractivity contribution is 6.31. The number of hydrogen-bond acceptors (Lipinski definition) is 6. The number of anilines is 1. The minimum Gasteiger partial charge on any atom is -0.463 e. The van der Waals surface area contributed by atoms with Crippen LogP contribution in [-0.2, 0) is 15.1 Å². The fourth-order valence-corrected chi connectivity index (χ4v) is 5.56. The summed E-state index contributed by atoms with van der Waals surface area (Å²) in [5.74, 6) is -4.08. The van der Waals surface area contributed by atoms with Crippen molar-refractivity contribution in [2.24, 2.45) is 11.1 Å². The third kappa shape index (κ3) is 5.68. The van der Waals surface area contributed by atoms with Gasteiger partial charge in [-0.25, -0.2) is 13.6 Å². The van der Waals surface area contributed by atoms with Crippen molar-refractivity contribution in [1.29, 1.82) is 0 Å². The summed E-state index contributed by atoms with van der Waals surface area (Å²) in [7, 11) is 1.20. The maximum atomic E-state index is 15.6. The zero-order chi connectivity index (χ0) is 28.7. The van der Waals surface area contributed by atoms with Crippen LogP contribution < -0.4 is 16.4 Å². The summed E-state index contributed by atoms with van der Waals surface area (Å²) in [4.78, 5) is 25.5. The monoisotopic (exact) mass is 579 g/mol. The van der Waals surface area contributed by atoms with Gasteiger partial charge in [0.2, 0.25) is 17.6 Å². The predicted molar refractivity (Wildman–Crippen MR) is 145 cm³/mol. The number of nitrogens with one attached hydrogen (secondary N) is 2. The van der Waals surface area contributed by atoms with Crippen molar-refractivity contribution in [2.45, 2.75) is 50.7 Å². The Morgan fingerprint density at radius 1 is 1.15 bits per heavy atom. The van der Waals surface area contributed by atoms with Gasteiger partial charge >= 0.3 is 5.97 Å². The number of furan rings is 1. The van der Waals surface area contributed by atoms with Crippen LogP contribution >= 0.6 is 23.2 Å². The van der Waals surface area contributed by atoms with E-state index in [2.05, 4.69) is 15.4 Å². The summed E-state index contributed by atoms with van der Waals surface area (Å²) in [6, 6.07) is 9.38. The van der Waals surface area contributed by atoms with E-state index in [1.807, 2.05) is 20.8 Å². The standard InChI is InChI=1S/C28H29Cl2F2N3O4/c1-27(2,3)13-20-28(33,16-9-8-14(29)12-18(16)31)22(15-6-5-7-17(30)23(15)32)24(34-20)25(36)35-21-11-10-19(39-21)26(37)38-4/h5-12,20,22,24,34H,13,33H2,1-4H3,(H,35,36). The number of nitrogens with two attached hydrogens (primary N) is 1. The van der Waals surface area contributed by atoms with E-state index in [4.69, 9.17) is 33.4 Å². The molecular weight excluding hydrogens is 551 g/mol. The number of carbonyl (C=O) groups is 2. The average Bonchev–Trinajstić information content (AvgIpc) is 3.42. The molecule has 2 aromatic carbocycles. The van der Waals surface area contributed by atoms with Crippen LogP contribution in [0.15, 0.2) is 52.9 Å². The van der Waals surface area contributed by atoms with Gasteiger partial charge in [0.15, 0.2) is 0 Å². The Balaban J connectivity index is 1.87. The Kier molecular flexibility index (Phi) is 8.10. The molecule has 0 radical (unpaired) electrons. The summed E-state index contributed by atoms with van der Waals surface area (Å²) < 4.78 is 41.2. The van der Waals surface area contributed by atoms with Crippen LogP contribution in [0.2, 0.25) is 10.0 Å². The zero-order valence-corrected chi connectivity index (χ0v) is 23.3. The maximum absolute atomic E-state index is 15.6. The van der Waals surface area contributed by atoms with Gasteiger partial charge in [-0.2, -0.15) is 0 Å². The molecule has 0 bridgehead atoms. The van der Waals surface area contributed by atoms with E-state index in [0.717, 1.165) is 6.07 Å². The van der Waals surface area contributed by atoms with E-state index in [1.54, 1.807) is 6.07 Å². The molecule has 1 aliphatic heterocycles. The first-order valence-electron chi connectivity index (χ1n) is 12.2. The van der Waals surface area contributed by atoms with E-state index in [0.29, 0.717) is 6.42 Å². The van der Waals surface area contributed by atoms with Gasteiger partial charge in [-0.3, -0.25) is 10.1 Å². The van der Waals surface area contributed by atoms with Crippen molar-refractivity contribution in [1.82, 2.24) is 5.32 Å². The van der Waals surface area contributed by atoms with E-state index in [1.165, 1.54) is 43.5 Å². The fourth-order valence-electron chi connectivity index (χ4n) is 5.22. The topological polar surface area (TPSA) is 107 Å². The van der Waals surface area contributed by atoms with E-state index in [9.17, 15) is 9.59 Å². The second-order valence-electron chi connectivity index (χ2n) is 10.8. The molecule has 2 heterocycles. The van der Waals surface area contributed by atoms with Crippen LogP contribution in [0.1, 0.15) is 54.8 Å². The molecule has 208 valence electrons. The lowest BCUT2D eigenvalue weighted by Gasteiger charge is -2.40. The lowest BCUT2D eigenvalue weighted by molar-refractivity contribution is -0.118. The third-order valence-corrected chi connectivity index (χ3v) is 7.38. The van der Waals surface area contributed by atoms with Crippen LogP contribution in [-0.4, -0.2) is 31.1 Å². The van der Waals surface area contributed by atoms with Crippen LogP contribution in [0, 0.1) is 17.0 Å². The zero-order valence-electron chi connectivity index (χ0n) is 21.8. The molecule has 4 unspecified atom stereocenters. The second kappa shape index (κ2) is 10.9. The molecule has 4 rings (SSSR count). The smallest absolute Gasteiger partial charge is 0.374 e. The molecular formula is C28H29Cl2F2N3O4. The summed E-state index contributed by atoms with van der Waals surface area (Å²) in [6.45, 7) is 5.94. The molecule has 1 saturated heterocycles. The fraction of sp³-hybridized carbons (Fsp3) is 0.357. The molecule has 1 amide bonds. The number of rotatable bonds is 6. The van der Waals surface area contributed by atoms with Crippen LogP contribution in [0.3, 0.4) is 0 Å².